The monoisotopic (exact) mass is 444 g/mol. The summed E-state index contributed by atoms with van der Waals surface area (Å²) in [6.45, 7) is 4.96. The molecule has 1 saturated heterocycles. The zero-order valence-corrected chi connectivity index (χ0v) is 19.5. The highest BCUT2D eigenvalue weighted by atomic mass is 19.1. The molecule has 32 heavy (non-hydrogen) atoms. The number of carbonyl (C=O) groups is 1. The molecule has 1 fully saturated rings. The van der Waals surface area contributed by atoms with Crippen molar-refractivity contribution < 1.29 is 19.0 Å². The van der Waals surface area contributed by atoms with Crippen LogP contribution in [0.2, 0.25) is 0 Å². The molecule has 1 N–H and O–H groups in total. The number of unbranched alkanes of at least 4 members (excludes halogenated alkanes) is 4. The number of benzene rings is 1. The molecule has 2 heterocycles. The van der Waals surface area contributed by atoms with E-state index in [0.29, 0.717) is 43.4 Å². The average Bonchev–Trinajstić information content (AvgIpc) is 2.81. The number of aryl methyl sites for hydroxylation is 1. The normalized spacial score (nSPS) is 16.3. The number of carboxylic acid groups (broad SMARTS) is 1. The number of rotatable bonds is 12. The molecule has 0 bridgehead atoms. The van der Waals surface area contributed by atoms with Crippen molar-refractivity contribution in [2.24, 2.45) is 5.41 Å². The van der Waals surface area contributed by atoms with Crippen LogP contribution in [-0.2, 0) is 11.2 Å². The number of pyridine rings is 1. The van der Waals surface area contributed by atoms with E-state index < -0.39 is 11.4 Å². The molecule has 0 atom stereocenters. The number of aromatic nitrogens is 1. The van der Waals surface area contributed by atoms with Crippen molar-refractivity contribution >= 4 is 16.9 Å². The first-order chi connectivity index (χ1) is 15.5. The summed E-state index contributed by atoms with van der Waals surface area (Å²) in [6, 6.07) is 5.45. The van der Waals surface area contributed by atoms with E-state index in [1.165, 1.54) is 38.3 Å². The third-order valence-corrected chi connectivity index (χ3v) is 7.06. The summed E-state index contributed by atoms with van der Waals surface area (Å²) in [7, 11) is 1.59. The minimum absolute atomic E-state index is 0.340. The molecule has 1 aromatic heterocycles. The summed E-state index contributed by atoms with van der Waals surface area (Å²) in [5.41, 5.74) is 0.622. The van der Waals surface area contributed by atoms with Crippen LogP contribution in [0, 0.1) is 11.2 Å². The van der Waals surface area contributed by atoms with E-state index in [1.807, 2.05) is 18.2 Å². The van der Waals surface area contributed by atoms with E-state index >= 15 is 0 Å². The van der Waals surface area contributed by atoms with Crippen LogP contribution in [0.5, 0.6) is 5.75 Å². The minimum Gasteiger partial charge on any atom is -0.497 e. The third-order valence-electron chi connectivity index (χ3n) is 7.06. The number of fused-ring (bicyclic) bond motifs is 1. The molecule has 176 valence electrons. The van der Waals surface area contributed by atoms with Gasteiger partial charge >= 0.3 is 5.97 Å². The Morgan fingerprint density at radius 2 is 1.94 bits per heavy atom. The van der Waals surface area contributed by atoms with Gasteiger partial charge in [-0.2, -0.15) is 0 Å². The number of piperidine rings is 1. The average molecular weight is 445 g/mol. The molecule has 6 heteroatoms. The summed E-state index contributed by atoms with van der Waals surface area (Å²) in [4.78, 5) is 18.8. The maximum atomic E-state index is 14.6. The van der Waals surface area contributed by atoms with Gasteiger partial charge in [0, 0.05) is 5.39 Å². The fraction of sp³-hybridized carbons (Fsp3) is 0.615. The zero-order valence-electron chi connectivity index (χ0n) is 19.5. The third kappa shape index (κ3) is 5.97. The minimum atomic E-state index is -0.707. The van der Waals surface area contributed by atoms with Crippen molar-refractivity contribution in [2.75, 3.05) is 26.7 Å². The predicted octanol–water partition coefficient (Wildman–Crippen LogP) is 5.84. The van der Waals surface area contributed by atoms with E-state index in [4.69, 9.17) is 4.74 Å². The molecule has 0 aliphatic carbocycles. The van der Waals surface area contributed by atoms with Crippen molar-refractivity contribution in [1.29, 1.82) is 0 Å². The van der Waals surface area contributed by atoms with Gasteiger partial charge in [0.05, 0.1) is 24.2 Å². The first-order valence-corrected chi connectivity index (χ1v) is 12.1. The molecule has 0 spiro atoms. The number of methoxy groups -OCH3 is 1. The van der Waals surface area contributed by atoms with E-state index in [1.54, 1.807) is 7.11 Å². The van der Waals surface area contributed by atoms with Crippen LogP contribution in [-0.4, -0.2) is 47.7 Å². The number of ether oxygens (including phenoxy) is 1. The first kappa shape index (κ1) is 24.4. The van der Waals surface area contributed by atoms with Gasteiger partial charge in [-0.05, 0) is 81.9 Å². The largest absolute Gasteiger partial charge is 0.497 e. The number of halogens is 1. The van der Waals surface area contributed by atoms with E-state index in [9.17, 15) is 14.3 Å². The van der Waals surface area contributed by atoms with Crippen LogP contribution in [0.4, 0.5) is 4.39 Å². The van der Waals surface area contributed by atoms with E-state index in [0.717, 1.165) is 30.5 Å². The highest BCUT2D eigenvalue weighted by molar-refractivity contribution is 5.83. The fourth-order valence-electron chi connectivity index (χ4n) is 4.90. The Hall–Kier alpha value is -2.21. The lowest BCUT2D eigenvalue weighted by molar-refractivity contribution is -0.152. The van der Waals surface area contributed by atoms with Crippen molar-refractivity contribution in [3.8, 4) is 5.75 Å². The molecule has 1 aliphatic heterocycles. The zero-order chi connectivity index (χ0) is 23.0. The summed E-state index contributed by atoms with van der Waals surface area (Å²) in [5, 5.41) is 10.8. The van der Waals surface area contributed by atoms with Gasteiger partial charge in [0.1, 0.15) is 11.6 Å². The second-order valence-electron chi connectivity index (χ2n) is 9.16. The highest BCUT2D eigenvalue weighted by Gasteiger charge is 2.40. The quantitative estimate of drug-likeness (QED) is 0.417. The van der Waals surface area contributed by atoms with Gasteiger partial charge in [-0.15, -0.1) is 0 Å². The molecule has 0 radical (unpaired) electrons. The topological polar surface area (TPSA) is 62.7 Å². The van der Waals surface area contributed by atoms with Gasteiger partial charge in [-0.25, -0.2) is 4.39 Å². The molecule has 1 aliphatic rings. The molecule has 0 saturated carbocycles. The SMILES string of the molecule is CCCCCCCN1CCC(CCCc2c(F)cnc3ccc(OC)cc23)(C(=O)O)CC1. The number of aliphatic carboxylic acids is 1. The second kappa shape index (κ2) is 11.6. The van der Waals surface area contributed by atoms with Crippen LogP contribution in [0.1, 0.15) is 70.3 Å². The molecule has 3 rings (SSSR count). The van der Waals surface area contributed by atoms with Gasteiger partial charge in [0.25, 0.3) is 0 Å². The Labute approximate surface area is 191 Å². The van der Waals surface area contributed by atoms with Gasteiger partial charge in [-0.3, -0.25) is 9.78 Å². The van der Waals surface area contributed by atoms with Crippen molar-refractivity contribution in [2.45, 2.75) is 71.1 Å². The summed E-state index contributed by atoms with van der Waals surface area (Å²) in [6.07, 6.45) is 10.6. The maximum absolute atomic E-state index is 14.6. The number of nitrogens with zero attached hydrogens (tertiary/aromatic N) is 2. The van der Waals surface area contributed by atoms with Crippen LogP contribution in [0.15, 0.2) is 24.4 Å². The predicted molar refractivity (Wildman–Crippen MR) is 126 cm³/mol. The number of likely N-dealkylation sites (tertiary alicyclic amines) is 1. The maximum Gasteiger partial charge on any atom is 0.309 e. The van der Waals surface area contributed by atoms with Gasteiger partial charge < -0.3 is 14.7 Å². The number of hydrogen-bond acceptors (Lipinski definition) is 4. The van der Waals surface area contributed by atoms with E-state index in [2.05, 4.69) is 16.8 Å². The Balaban J connectivity index is 1.58. The Morgan fingerprint density at radius 1 is 1.19 bits per heavy atom. The molecular weight excluding hydrogens is 407 g/mol. The molecule has 5 nitrogen and oxygen atoms in total. The summed E-state index contributed by atoms with van der Waals surface area (Å²) < 4.78 is 19.9. The molecule has 0 unspecified atom stereocenters. The molecular formula is C26H37FN2O3. The number of carboxylic acids is 1. The summed E-state index contributed by atoms with van der Waals surface area (Å²) >= 11 is 0. The fourth-order valence-corrected chi connectivity index (χ4v) is 4.90. The first-order valence-electron chi connectivity index (χ1n) is 12.1. The van der Waals surface area contributed by atoms with Crippen molar-refractivity contribution in [1.82, 2.24) is 9.88 Å². The van der Waals surface area contributed by atoms with Crippen LogP contribution in [0.3, 0.4) is 0 Å². The van der Waals surface area contributed by atoms with Gasteiger partial charge in [-0.1, -0.05) is 32.6 Å². The van der Waals surface area contributed by atoms with Crippen molar-refractivity contribution in [3.05, 3.63) is 35.8 Å². The van der Waals surface area contributed by atoms with Gasteiger partial charge in [0.2, 0.25) is 0 Å². The highest BCUT2D eigenvalue weighted by Crippen LogP contribution is 2.37. The smallest absolute Gasteiger partial charge is 0.309 e. The Bertz CT molecular complexity index is 894. The van der Waals surface area contributed by atoms with Crippen LogP contribution < -0.4 is 4.74 Å². The van der Waals surface area contributed by atoms with E-state index in [-0.39, 0.29) is 5.82 Å². The summed E-state index contributed by atoms with van der Waals surface area (Å²) in [5.74, 6) is -0.384. The molecule has 0 amide bonds. The lowest BCUT2D eigenvalue weighted by Crippen LogP contribution is -2.44. The van der Waals surface area contributed by atoms with Gasteiger partial charge in [0.15, 0.2) is 0 Å². The standard InChI is InChI=1S/C26H37FN2O3/c1-3-4-5-6-7-15-29-16-13-26(14-17-29,25(30)31)12-8-9-21-22-18-20(32-2)10-11-24(22)28-19-23(21)27/h10-11,18-19H,3-9,12-17H2,1-2H3,(H,30,31). The van der Waals surface area contributed by atoms with Crippen molar-refractivity contribution in [3.63, 3.8) is 0 Å². The number of hydrogen-bond donors (Lipinski definition) is 1. The lowest BCUT2D eigenvalue weighted by Gasteiger charge is -2.39. The Morgan fingerprint density at radius 3 is 2.62 bits per heavy atom. The van der Waals surface area contributed by atoms with Crippen LogP contribution in [0.25, 0.3) is 10.9 Å². The molecule has 2 aromatic rings. The lowest BCUT2D eigenvalue weighted by atomic mass is 9.74. The second-order valence-corrected chi connectivity index (χ2v) is 9.16. The Kier molecular flexibility index (Phi) is 8.85. The molecule has 1 aromatic carbocycles. The van der Waals surface area contributed by atoms with Crippen LogP contribution >= 0.6 is 0 Å².